The molecule has 0 aromatic rings. The van der Waals surface area contributed by atoms with E-state index >= 15 is 0 Å². The van der Waals surface area contributed by atoms with Crippen LogP contribution in [-0.4, -0.2) is 23.7 Å². The molecule has 0 N–H and O–H groups in total. The van der Waals surface area contributed by atoms with Crippen molar-refractivity contribution in [3.63, 3.8) is 0 Å². The molecule has 0 radical (unpaired) electrons. The third-order valence-corrected chi connectivity index (χ3v) is 2.14. The van der Waals surface area contributed by atoms with Gasteiger partial charge in [0.05, 0.1) is 11.4 Å². The topological polar surface area (TPSA) is 35.5 Å². The largest absolute Gasteiger partial charge is 0.435 e. The van der Waals surface area contributed by atoms with E-state index in [9.17, 15) is 4.79 Å². The van der Waals surface area contributed by atoms with Crippen LogP contribution < -0.4 is 0 Å². The van der Waals surface area contributed by atoms with Crippen molar-refractivity contribution in [2.45, 2.75) is 24.5 Å². The Morgan fingerprint density at radius 2 is 2.50 bits per heavy atom. The second kappa shape index (κ2) is 3.34. The van der Waals surface area contributed by atoms with Gasteiger partial charge in [-0.15, -0.1) is 0 Å². The van der Waals surface area contributed by atoms with Crippen LogP contribution in [0.3, 0.4) is 0 Å². The molecule has 0 spiro atoms. The minimum absolute atomic E-state index is 0.163. The molecule has 1 saturated heterocycles. The number of hydrogen-bond acceptors (Lipinski definition) is 3. The Kier molecular flexibility index (Phi) is 2.68. The summed E-state index contributed by atoms with van der Waals surface area (Å²) >= 11 is 3.33. The number of rotatable bonds is 1. The lowest BCUT2D eigenvalue weighted by Gasteiger charge is -2.11. The quantitative estimate of drug-likeness (QED) is 0.478. The fraction of sp³-hybridized carbons (Fsp3) is 0.833. The summed E-state index contributed by atoms with van der Waals surface area (Å²) in [5, 5.41) is 0. The lowest BCUT2D eigenvalue weighted by Crippen LogP contribution is -2.21. The van der Waals surface area contributed by atoms with Crippen molar-refractivity contribution in [3.8, 4) is 0 Å². The van der Waals surface area contributed by atoms with Crippen LogP contribution in [0.5, 0.6) is 0 Å². The normalized spacial score (nSPS) is 32.2. The summed E-state index contributed by atoms with van der Waals surface area (Å²) in [6, 6.07) is 0. The predicted molar refractivity (Wildman–Crippen MR) is 38.8 cm³/mol. The van der Waals surface area contributed by atoms with Gasteiger partial charge in [-0.2, -0.15) is 0 Å². The molecule has 1 aliphatic heterocycles. The van der Waals surface area contributed by atoms with Crippen LogP contribution in [0.1, 0.15) is 13.3 Å². The highest BCUT2D eigenvalue weighted by atomic mass is 79.9. The van der Waals surface area contributed by atoms with Gasteiger partial charge < -0.3 is 9.47 Å². The van der Waals surface area contributed by atoms with E-state index in [-0.39, 0.29) is 17.1 Å². The fourth-order valence-electron chi connectivity index (χ4n) is 0.809. The number of carbonyl (C=O) groups is 1. The molecule has 3 nitrogen and oxygen atoms in total. The average Bonchev–Trinajstić information content (AvgIpc) is 2.15. The van der Waals surface area contributed by atoms with Gasteiger partial charge in [-0.25, -0.2) is 0 Å². The standard InChI is InChI=1S/C6H9BrO3/c1-4(8)10-6-5(7)2-3-9-6/h5-6H,2-3H2,1H3/t5-,6+/m0/s1. The maximum absolute atomic E-state index is 10.4. The highest BCUT2D eigenvalue weighted by molar-refractivity contribution is 9.09. The second-order valence-corrected chi connectivity index (χ2v) is 3.33. The number of esters is 1. The van der Waals surface area contributed by atoms with E-state index in [2.05, 4.69) is 15.9 Å². The van der Waals surface area contributed by atoms with Crippen LogP contribution in [0.15, 0.2) is 0 Å². The molecule has 2 atom stereocenters. The summed E-state index contributed by atoms with van der Waals surface area (Å²) in [6.07, 6.45) is 0.523. The van der Waals surface area contributed by atoms with E-state index in [0.29, 0.717) is 6.61 Å². The first-order valence-corrected chi connectivity index (χ1v) is 4.04. The first-order valence-electron chi connectivity index (χ1n) is 3.13. The SMILES string of the molecule is CC(=O)O[C@H]1OCC[C@@H]1Br. The highest BCUT2D eigenvalue weighted by Crippen LogP contribution is 2.21. The van der Waals surface area contributed by atoms with Gasteiger partial charge in [0.25, 0.3) is 0 Å². The minimum atomic E-state index is -0.377. The highest BCUT2D eigenvalue weighted by Gasteiger charge is 2.28. The van der Waals surface area contributed by atoms with Crippen molar-refractivity contribution in [1.82, 2.24) is 0 Å². The summed E-state index contributed by atoms with van der Waals surface area (Å²) in [5.41, 5.74) is 0. The molecule has 10 heavy (non-hydrogen) atoms. The maximum Gasteiger partial charge on any atom is 0.304 e. The van der Waals surface area contributed by atoms with Gasteiger partial charge in [0.2, 0.25) is 6.29 Å². The van der Waals surface area contributed by atoms with Gasteiger partial charge in [0.1, 0.15) is 0 Å². The van der Waals surface area contributed by atoms with Crippen molar-refractivity contribution in [2.75, 3.05) is 6.61 Å². The molecule has 0 aliphatic carbocycles. The summed E-state index contributed by atoms with van der Waals surface area (Å²) in [7, 11) is 0. The molecule has 1 rings (SSSR count). The van der Waals surface area contributed by atoms with Gasteiger partial charge in [-0.1, -0.05) is 15.9 Å². The Morgan fingerprint density at radius 3 is 2.90 bits per heavy atom. The molecule has 0 unspecified atom stereocenters. The molecule has 0 aromatic carbocycles. The summed E-state index contributed by atoms with van der Waals surface area (Å²) < 4.78 is 9.90. The molecular formula is C6H9BrO3. The first-order chi connectivity index (χ1) is 4.70. The number of hydrogen-bond donors (Lipinski definition) is 0. The molecule has 1 heterocycles. The Morgan fingerprint density at radius 1 is 1.80 bits per heavy atom. The molecule has 0 amide bonds. The molecule has 1 aliphatic rings. The first kappa shape index (κ1) is 8.01. The monoisotopic (exact) mass is 208 g/mol. The lowest BCUT2D eigenvalue weighted by atomic mass is 10.4. The van der Waals surface area contributed by atoms with Crippen LogP contribution >= 0.6 is 15.9 Å². The van der Waals surface area contributed by atoms with Crippen LogP contribution in [-0.2, 0) is 14.3 Å². The van der Waals surface area contributed by atoms with Crippen LogP contribution in [0.2, 0.25) is 0 Å². The minimum Gasteiger partial charge on any atom is -0.435 e. The Hall–Kier alpha value is -0.0900. The summed E-state index contributed by atoms with van der Waals surface area (Å²) in [4.78, 5) is 10.6. The van der Waals surface area contributed by atoms with Crippen molar-refractivity contribution >= 4 is 21.9 Å². The van der Waals surface area contributed by atoms with E-state index in [4.69, 9.17) is 9.47 Å². The van der Waals surface area contributed by atoms with Gasteiger partial charge in [0, 0.05) is 6.92 Å². The van der Waals surface area contributed by atoms with Gasteiger partial charge in [-0.3, -0.25) is 4.79 Å². The maximum atomic E-state index is 10.4. The van der Waals surface area contributed by atoms with Crippen LogP contribution in [0.25, 0.3) is 0 Å². The molecule has 0 saturated carbocycles. The predicted octanol–water partition coefficient (Wildman–Crippen LogP) is 1.06. The Balaban J connectivity index is 2.33. The number of carbonyl (C=O) groups excluding carboxylic acids is 1. The molecule has 0 aromatic heterocycles. The van der Waals surface area contributed by atoms with Crippen LogP contribution in [0, 0.1) is 0 Å². The fourth-order valence-corrected chi connectivity index (χ4v) is 1.26. The third-order valence-electron chi connectivity index (χ3n) is 1.25. The zero-order valence-electron chi connectivity index (χ0n) is 5.67. The van der Waals surface area contributed by atoms with E-state index in [1.165, 1.54) is 6.92 Å². The van der Waals surface area contributed by atoms with Gasteiger partial charge in [0.15, 0.2) is 0 Å². The summed E-state index contributed by atoms with van der Waals surface area (Å²) in [6.45, 7) is 2.04. The molecular weight excluding hydrogens is 200 g/mol. The van der Waals surface area contributed by atoms with E-state index in [1.54, 1.807) is 0 Å². The van der Waals surface area contributed by atoms with Crippen molar-refractivity contribution < 1.29 is 14.3 Å². The molecule has 0 bridgehead atoms. The van der Waals surface area contributed by atoms with Crippen molar-refractivity contribution in [3.05, 3.63) is 0 Å². The molecule has 58 valence electrons. The Bertz CT molecular complexity index is 137. The Labute approximate surface area is 67.8 Å². The second-order valence-electron chi connectivity index (χ2n) is 2.15. The van der Waals surface area contributed by atoms with Gasteiger partial charge in [-0.05, 0) is 6.42 Å². The average molecular weight is 209 g/mol. The van der Waals surface area contributed by atoms with Crippen molar-refractivity contribution in [2.24, 2.45) is 0 Å². The smallest absolute Gasteiger partial charge is 0.304 e. The number of ether oxygens (including phenoxy) is 2. The van der Waals surface area contributed by atoms with E-state index in [1.807, 2.05) is 0 Å². The van der Waals surface area contributed by atoms with E-state index in [0.717, 1.165) is 6.42 Å². The van der Waals surface area contributed by atoms with Crippen LogP contribution in [0.4, 0.5) is 0 Å². The lowest BCUT2D eigenvalue weighted by molar-refractivity contribution is -0.166. The van der Waals surface area contributed by atoms with Gasteiger partial charge >= 0.3 is 5.97 Å². The van der Waals surface area contributed by atoms with Crippen molar-refractivity contribution in [1.29, 1.82) is 0 Å². The number of alkyl halides is 1. The zero-order chi connectivity index (χ0) is 7.56. The van der Waals surface area contributed by atoms with E-state index < -0.39 is 0 Å². The third kappa shape index (κ3) is 1.95. The molecule has 1 fully saturated rings. The zero-order valence-corrected chi connectivity index (χ0v) is 7.26. The molecule has 4 heteroatoms. The number of halogens is 1. The summed E-state index contributed by atoms with van der Waals surface area (Å²) in [5.74, 6) is -0.295.